The molecule has 0 aliphatic carbocycles. The molecule has 1 unspecified atom stereocenters. The summed E-state index contributed by atoms with van der Waals surface area (Å²) in [6.07, 6.45) is 4.66. The van der Waals surface area contributed by atoms with Crippen molar-refractivity contribution in [3.63, 3.8) is 0 Å². The molecule has 1 aliphatic rings. The number of hydrogen-bond acceptors (Lipinski definition) is 5. The molecule has 0 aromatic heterocycles. The van der Waals surface area contributed by atoms with Crippen LogP contribution in [0.5, 0.6) is 0 Å². The summed E-state index contributed by atoms with van der Waals surface area (Å²) in [7, 11) is 0. The predicted octanol–water partition coefficient (Wildman–Crippen LogP) is 2.42. The van der Waals surface area contributed by atoms with Crippen LogP contribution in [0.1, 0.15) is 47.0 Å². The molecular formula is C16H28O5. The van der Waals surface area contributed by atoms with Crippen LogP contribution in [0.25, 0.3) is 0 Å². The monoisotopic (exact) mass is 300 g/mol. The van der Waals surface area contributed by atoms with Crippen LogP contribution in [0.4, 0.5) is 0 Å². The van der Waals surface area contributed by atoms with Crippen molar-refractivity contribution in [3.8, 4) is 0 Å². The Morgan fingerprint density at radius 2 is 2.19 bits per heavy atom. The Hall–Kier alpha value is -0.910. The van der Waals surface area contributed by atoms with Crippen LogP contribution in [-0.2, 0) is 19.0 Å². The lowest BCUT2D eigenvalue weighted by molar-refractivity contribution is -0.255. The van der Waals surface area contributed by atoms with E-state index >= 15 is 0 Å². The second kappa shape index (κ2) is 9.18. The molecule has 122 valence electrons. The first-order chi connectivity index (χ1) is 9.93. The van der Waals surface area contributed by atoms with Crippen LogP contribution < -0.4 is 0 Å². The summed E-state index contributed by atoms with van der Waals surface area (Å²) < 4.78 is 16.4. The highest BCUT2D eigenvalue weighted by atomic mass is 16.7. The molecule has 1 fully saturated rings. The first kappa shape index (κ1) is 18.1. The Morgan fingerprint density at radius 1 is 1.48 bits per heavy atom. The van der Waals surface area contributed by atoms with Gasteiger partial charge in [-0.05, 0) is 40.0 Å². The minimum Gasteiger partial charge on any atom is -0.463 e. The molecule has 0 bridgehead atoms. The highest BCUT2D eigenvalue weighted by Gasteiger charge is 2.33. The van der Waals surface area contributed by atoms with Crippen molar-refractivity contribution in [1.29, 1.82) is 0 Å². The minimum atomic E-state index is -0.414. The van der Waals surface area contributed by atoms with Gasteiger partial charge in [0.05, 0.1) is 24.9 Å². The summed E-state index contributed by atoms with van der Waals surface area (Å²) in [5.41, 5.74) is 0. The average Bonchev–Trinajstić information content (AvgIpc) is 2.41. The quantitative estimate of drug-likeness (QED) is 0.578. The van der Waals surface area contributed by atoms with E-state index in [0.29, 0.717) is 13.0 Å². The van der Waals surface area contributed by atoms with Crippen LogP contribution in [0, 0.1) is 5.92 Å². The third-order valence-corrected chi connectivity index (χ3v) is 3.62. The first-order valence-electron chi connectivity index (χ1n) is 7.76. The van der Waals surface area contributed by atoms with Crippen molar-refractivity contribution in [2.24, 2.45) is 5.92 Å². The topological polar surface area (TPSA) is 65.0 Å². The van der Waals surface area contributed by atoms with E-state index in [2.05, 4.69) is 0 Å². The molecule has 0 radical (unpaired) electrons. The maximum absolute atomic E-state index is 11.1. The minimum absolute atomic E-state index is 0.0340. The predicted molar refractivity (Wildman–Crippen MR) is 79.7 cm³/mol. The fourth-order valence-corrected chi connectivity index (χ4v) is 2.28. The molecule has 5 nitrogen and oxygen atoms in total. The summed E-state index contributed by atoms with van der Waals surface area (Å²) >= 11 is 0. The summed E-state index contributed by atoms with van der Waals surface area (Å²) in [6.45, 7) is 8.05. The third-order valence-electron chi connectivity index (χ3n) is 3.62. The zero-order valence-corrected chi connectivity index (χ0v) is 13.5. The van der Waals surface area contributed by atoms with Crippen molar-refractivity contribution in [2.45, 2.75) is 71.6 Å². The van der Waals surface area contributed by atoms with E-state index in [1.807, 2.05) is 20.8 Å². The van der Waals surface area contributed by atoms with E-state index in [-0.39, 0.29) is 30.4 Å². The largest absolute Gasteiger partial charge is 0.463 e. The first-order valence-corrected chi connectivity index (χ1v) is 7.76. The van der Waals surface area contributed by atoms with Gasteiger partial charge in [-0.2, -0.15) is 0 Å². The summed E-state index contributed by atoms with van der Waals surface area (Å²) in [4.78, 5) is 11.1. The highest BCUT2D eigenvalue weighted by molar-refractivity contribution is 5.81. The zero-order valence-electron chi connectivity index (χ0n) is 13.5. The Bertz CT molecular complexity index is 342. The standard InChI is InChI=1S/C16H28O5/c1-5-19-15(18)9-7-6-8-12(3)20-16-11(2)10-14(17)13(4)21-16/h7,9,11-14,16-17H,5-6,8,10H2,1-4H3/b9-7-/t11-,12-,13+,14?,16-/m1/s1. The molecular weight excluding hydrogens is 272 g/mol. The molecule has 1 heterocycles. The second-order valence-electron chi connectivity index (χ2n) is 5.67. The van der Waals surface area contributed by atoms with Crippen molar-refractivity contribution < 1.29 is 24.1 Å². The highest BCUT2D eigenvalue weighted by Crippen LogP contribution is 2.27. The smallest absolute Gasteiger partial charge is 0.330 e. The number of rotatable bonds is 7. The zero-order chi connectivity index (χ0) is 15.8. The lowest BCUT2D eigenvalue weighted by atomic mass is 9.96. The maximum atomic E-state index is 11.1. The van der Waals surface area contributed by atoms with Gasteiger partial charge in [0, 0.05) is 12.0 Å². The summed E-state index contributed by atoms with van der Waals surface area (Å²) in [5.74, 6) is -0.133. The van der Waals surface area contributed by atoms with Crippen LogP contribution in [-0.4, -0.2) is 42.3 Å². The number of aliphatic hydroxyl groups is 1. The van der Waals surface area contributed by atoms with E-state index in [9.17, 15) is 9.90 Å². The van der Waals surface area contributed by atoms with Gasteiger partial charge >= 0.3 is 5.97 Å². The second-order valence-corrected chi connectivity index (χ2v) is 5.67. The lowest BCUT2D eigenvalue weighted by Gasteiger charge is -2.37. The number of hydrogen-bond donors (Lipinski definition) is 1. The molecule has 1 saturated heterocycles. The van der Waals surface area contributed by atoms with Gasteiger partial charge in [0.25, 0.3) is 0 Å². The van der Waals surface area contributed by atoms with Crippen LogP contribution >= 0.6 is 0 Å². The van der Waals surface area contributed by atoms with Gasteiger partial charge < -0.3 is 19.3 Å². The van der Waals surface area contributed by atoms with E-state index in [0.717, 1.165) is 12.8 Å². The van der Waals surface area contributed by atoms with Crippen LogP contribution in [0.3, 0.4) is 0 Å². The van der Waals surface area contributed by atoms with Gasteiger partial charge in [0.1, 0.15) is 0 Å². The van der Waals surface area contributed by atoms with Crippen molar-refractivity contribution in [3.05, 3.63) is 12.2 Å². The molecule has 0 amide bonds. The normalized spacial score (nSPS) is 31.3. The third kappa shape index (κ3) is 6.59. The average molecular weight is 300 g/mol. The van der Waals surface area contributed by atoms with Gasteiger partial charge in [0.2, 0.25) is 0 Å². The molecule has 21 heavy (non-hydrogen) atoms. The van der Waals surface area contributed by atoms with Gasteiger partial charge in [-0.15, -0.1) is 0 Å². The molecule has 0 spiro atoms. The molecule has 5 heteroatoms. The van der Waals surface area contributed by atoms with E-state index in [1.165, 1.54) is 6.08 Å². The Balaban J connectivity index is 2.27. The fourth-order valence-electron chi connectivity index (χ4n) is 2.28. The molecule has 1 N–H and O–H groups in total. The molecule has 0 aromatic rings. The SMILES string of the molecule is CCOC(=O)/C=C\CC[C@@H](C)O[C@@H]1O[C@@H](C)C(O)C[C@H]1C. The van der Waals surface area contributed by atoms with Crippen LogP contribution in [0.15, 0.2) is 12.2 Å². The Labute approximate surface area is 127 Å². The molecule has 1 aliphatic heterocycles. The molecule has 1 rings (SSSR count). The van der Waals surface area contributed by atoms with E-state index < -0.39 is 6.10 Å². The lowest BCUT2D eigenvalue weighted by Crippen LogP contribution is -2.44. The molecule has 5 atom stereocenters. The maximum Gasteiger partial charge on any atom is 0.330 e. The number of carbonyl (C=O) groups is 1. The van der Waals surface area contributed by atoms with E-state index in [4.69, 9.17) is 14.2 Å². The number of ether oxygens (including phenoxy) is 3. The van der Waals surface area contributed by atoms with Gasteiger partial charge in [-0.1, -0.05) is 13.0 Å². The van der Waals surface area contributed by atoms with E-state index in [1.54, 1.807) is 13.0 Å². The number of esters is 1. The summed E-state index contributed by atoms with van der Waals surface area (Å²) in [5, 5.41) is 9.74. The number of allylic oxidation sites excluding steroid dienone is 1. The van der Waals surface area contributed by atoms with Crippen LogP contribution in [0.2, 0.25) is 0 Å². The van der Waals surface area contributed by atoms with Gasteiger partial charge in [-0.3, -0.25) is 0 Å². The molecule has 0 saturated carbocycles. The Kier molecular flexibility index (Phi) is 7.93. The number of aliphatic hydroxyl groups excluding tert-OH is 1. The van der Waals surface area contributed by atoms with Crippen molar-refractivity contribution in [1.82, 2.24) is 0 Å². The van der Waals surface area contributed by atoms with Crippen molar-refractivity contribution in [2.75, 3.05) is 6.61 Å². The fraction of sp³-hybridized carbons (Fsp3) is 0.812. The number of carbonyl (C=O) groups excluding carboxylic acids is 1. The van der Waals surface area contributed by atoms with Gasteiger partial charge in [-0.25, -0.2) is 4.79 Å². The molecule has 0 aromatic carbocycles. The Morgan fingerprint density at radius 3 is 2.86 bits per heavy atom. The summed E-state index contributed by atoms with van der Waals surface area (Å²) in [6, 6.07) is 0. The van der Waals surface area contributed by atoms with Crippen molar-refractivity contribution >= 4 is 5.97 Å². The van der Waals surface area contributed by atoms with Gasteiger partial charge in [0.15, 0.2) is 6.29 Å².